The number of nitrogens with one attached hydrogen (secondary N) is 1. The fourth-order valence-corrected chi connectivity index (χ4v) is 3.04. The number of hydrogen-bond acceptors (Lipinski definition) is 6. The molecule has 1 aromatic carbocycles. The van der Waals surface area contributed by atoms with Crippen LogP contribution in [0, 0.1) is 17.0 Å². The minimum atomic E-state index is -0.802. The molecule has 22 heavy (non-hydrogen) atoms. The van der Waals surface area contributed by atoms with Crippen molar-refractivity contribution < 1.29 is 14.7 Å². The van der Waals surface area contributed by atoms with E-state index in [0.29, 0.717) is 12.1 Å². The second kappa shape index (κ2) is 6.99. The summed E-state index contributed by atoms with van der Waals surface area (Å²) >= 11 is 1.44. The topological polar surface area (TPSA) is 94.4 Å². The first-order chi connectivity index (χ1) is 10.5. The van der Waals surface area contributed by atoms with Crippen LogP contribution in [0.1, 0.15) is 17.5 Å². The van der Waals surface area contributed by atoms with E-state index in [-0.39, 0.29) is 12.5 Å². The Kier molecular flexibility index (Phi) is 5.05. The van der Waals surface area contributed by atoms with Crippen molar-refractivity contribution in [2.75, 3.05) is 11.9 Å². The zero-order valence-corrected chi connectivity index (χ0v) is 13.0. The number of thiazole rings is 1. The molecule has 1 heterocycles. The van der Waals surface area contributed by atoms with Gasteiger partial charge in [0.25, 0.3) is 5.09 Å². The molecule has 2 aromatic rings. The Morgan fingerprint density at radius 1 is 1.45 bits per heavy atom. The maximum atomic E-state index is 11.3. The number of para-hydroxylation sites is 1. The van der Waals surface area contributed by atoms with Gasteiger partial charge < -0.3 is 10.2 Å². The Balaban J connectivity index is 2.23. The van der Waals surface area contributed by atoms with E-state index >= 15 is 0 Å². The lowest BCUT2D eigenvalue weighted by molar-refractivity contribution is -0.757. The molecule has 8 heteroatoms. The van der Waals surface area contributed by atoms with Crippen molar-refractivity contribution >= 4 is 22.9 Å². The van der Waals surface area contributed by atoms with Crippen LogP contribution in [-0.4, -0.2) is 22.6 Å². The number of carbonyl (C=O) groups is 1. The predicted molar refractivity (Wildman–Crippen MR) is 83.2 cm³/mol. The van der Waals surface area contributed by atoms with E-state index < -0.39 is 5.09 Å². The highest BCUT2D eigenvalue weighted by Crippen LogP contribution is 2.33. The summed E-state index contributed by atoms with van der Waals surface area (Å²) in [6.07, 6.45) is 0.423. The maximum Gasteiger partial charge on any atom is 0.294 e. The second-order valence-electron chi connectivity index (χ2n) is 4.56. The van der Waals surface area contributed by atoms with Crippen LogP contribution in [-0.2, 0) is 16.1 Å². The standard InChI is InChI=1S/C14H15N3O4S/c1-9-13(7-8-21-17(19)20)22-14(15-9)11-5-3-4-6-12(11)16-10(2)18/h3-6H,7-8H2,1-2H3,(H,16,18). The van der Waals surface area contributed by atoms with Gasteiger partial charge in [-0.25, -0.2) is 4.98 Å². The number of aryl methyl sites for hydroxylation is 1. The van der Waals surface area contributed by atoms with Crippen LogP contribution < -0.4 is 5.32 Å². The molecule has 1 aromatic heterocycles. The van der Waals surface area contributed by atoms with Crippen molar-refractivity contribution in [3.05, 3.63) is 45.0 Å². The fraction of sp³-hybridized carbons (Fsp3) is 0.286. The Hall–Kier alpha value is -2.48. The summed E-state index contributed by atoms with van der Waals surface area (Å²) in [4.78, 5) is 31.2. The first-order valence-electron chi connectivity index (χ1n) is 6.58. The Morgan fingerprint density at radius 3 is 2.86 bits per heavy atom. The quantitative estimate of drug-likeness (QED) is 0.652. The van der Waals surface area contributed by atoms with Gasteiger partial charge in [0, 0.05) is 23.8 Å². The molecule has 7 nitrogen and oxygen atoms in total. The highest BCUT2D eigenvalue weighted by Gasteiger charge is 2.13. The summed E-state index contributed by atoms with van der Waals surface area (Å²) in [5.74, 6) is -0.152. The number of carbonyl (C=O) groups excluding carboxylic acids is 1. The van der Waals surface area contributed by atoms with E-state index in [1.807, 2.05) is 31.2 Å². The molecular weight excluding hydrogens is 306 g/mol. The molecule has 0 bridgehead atoms. The molecule has 0 unspecified atom stereocenters. The number of anilines is 1. The fourth-order valence-electron chi connectivity index (χ4n) is 1.96. The van der Waals surface area contributed by atoms with Crippen LogP contribution >= 0.6 is 11.3 Å². The second-order valence-corrected chi connectivity index (χ2v) is 5.64. The van der Waals surface area contributed by atoms with Crippen LogP contribution in [0.2, 0.25) is 0 Å². The van der Waals surface area contributed by atoms with Gasteiger partial charge in [-0.3, -0.25) is 4.79 Å². The first-order valence-corrected chi connectivity index (χ1v) is 7.39. The number of hydrogen-bond donors (Lipinski definition) is 1. The van der Waals surface area contributed by atoms with Gasteiger partial charge in [0.1, 0.15) is 11.6 Å². The third-order valence-electron chi connectivity index (χ3n) is 2.89. The minimum Gasteiger partial charge on any atom is -0.326 e. The summed E-state index contributed by atoms with van der Waals surface area (Å²) in [5, 5.41) is 12.9. The average Bonchev–Trinajstić information content (AvgIpc) is 2.80. The highest BCUT2D eigenvalue weighted by atomic mass is 32.1. The SMILES string of the molecule is CC(=O)Nc1ccccc1-c1nc(C)c(CCO[N+](=O)[O-])s1. The van der Waals surface area contributed by atoms with Crippen molar-refractivity contribution in [2.45, 2.75) is 20.3 Å². The molecule has 0 aliphatic carbocycles. The highest BCUT2D eigenvalue weighted by molar-refractivity contribution is 7.15. The average molecular weight is 321 g/mol. The molecule has 116 valence electrons. The van der Waals surface area contributed by atoms with Crippen LogP contribution in [0.15, 0.2) is 24.3 Å². The van der Waals surface area contributed by atoms with Crippen molar-refractivity contribution in [3.8, 4) is 10.6 Å². The lowest BCUT2D eigenvalue weighted by atomic mass is 10.2. The van der Waals surface area contributed by atoms with Gasteiger partial charge in [-0.05, 0) is 19.1 Å². The summed E-state index contributed by atoms with van der Waals surface area (Å²) in [6, 6.07) is 7.39. The molecule has 2 rings (SSSR count). The zero-order chi connectivity index (χ0) is 16.1. The van der Waals surface area contributed by atoms with Gasteiger partial charge in [0.15, 0.2) is 0 Å². The van der Waals surface area contributed by atoms with Gasteiger partial charge in [-0.2, -0.15) is 0 Å². The number of benzene rings is 1. The van der Waals surface area contributed by atoms with Crippen molar-refractivity contribution in [2.24, 2.45) is 0 Å². The number of nitrogens with zero attached hydrogens (tertiary/aromatic N) is 2. The van der Waals surface area contributed by atoms with Gasteiger partial charge in [-0.1, -0.05) is 12.1 Å². The number of aromatic nitrogens is 1. The van der Waals surface area contributed by atoms with E-state index in [2.05, 4.69) is 15.1 Å². The summed E-state index contributed by atoms with van der Waals surface area (Å²) < 4.78 is 0. The Morgan fingerprint density at radius 2 is 2.18 bits per heavy atom. The van der Waals surface area contributed by atoms with Gasteiger partial charge in [0.05, 0.1) is 11.4 Å². The number of amides is 1. The van der Waals surface area contributed by atoms with Crippen molar-refractivity contribution in [1.29, 1.82) is 0 Å². The minimum absolute atomic E-state index is 0.00279. The number of rotatable bonds is 6. The van der Waals surface area contributed by atoms with Crippen LogP contribution in [0.4, 0.5) is 5.69 Å². The smallest absolute Gasteiger partial charge is 0.294 e. The predicted octanol–water partition coefficient (Wildman–Crippen LogP) is 2.83. The molecule has 0 aliphatic rings. The Labute approximate surface area is 131 Å². The van der Waals surface area contributed by atoms with E-state index in [1.165, 1.54) is 18.3 Å². The van der Waals surface area contributed by atoms with E-state index in [1.54, 1.807) is 0 Å². The third-order valence-corrected chi connectivity index (χ3v) is 4.14. The van der Waals surface area contributed by atoms with E-state index in [9.17, 15) is 14.9 Å². The lowest BCUT2D eigenvalue weighted by Crippen LogP contribution is -2.06. The van der Waals surface area contributed by atoms with Crippen molar-refractivity contribution in [3.63, 3.8) is 0 Å². The summed E-state index contributed by atoms with van der Waals surface area (Å²) in [5.41, 5.74) is 2.33. The molecule has 0 saturated heterocycles. The molecule has 0 spiro atoms. The van der Waals surface area contributed by atoms with Crippen LogP contribution in [0.5, 0.6) is 0 Å². The van der Waals surface area contributed by atoms with Gasteiger partial charge >= 0.3 is 0 Å². The molecule has 0 fully saturated rings. The normalized spacial score (nSPS) is 10.3. The molecule has 1 amide bonds. The van der Waals surface area contributed by atoms with Crippen LogP contribution in [0.25, 0.3) is 10.6 Å². The molecule has 0 radical (unpaired) electrons. The van der Waals surface area contributed by atoms with E-state index in [4.69, 9.17) is 0 Å². The monoisotopic (exact) mass is 321 g/mol. The molecule has 0 aliphatic heterocycles. The lowest BCUT2D eigenvalue weighted by Gasteiger charge is -2.06. The third kappa shape index (κ3) is 4.01. The van der Waals surface area contributed by atoms with E-state index in [0.717, 1.165) is 21.1 Å². The summed E-state index contributed by atoms with van der Waals surface area (Å²) in [6.45, 7) is 3.30. The maximum absolute atomic E-state index is 11.3. The molecule has 1 N–H and O–H groups in total. The largest absolute Gasteiger partial charge is 0.326 e. The van der Waals surface area contributed by atoms with Crippen LogP contribution in [0.3, 0.4) is 0 Å². The summed E-state index contributed by atoms with van der Waals surface area (Å²) in [7, 11) is 0. The zero-order valence-electron chi connectivity index (χ0n) is 12.2. The first kappa shape index (κ1) is 15.9. The van der Waals surface area contributed by atoms with Gasteiger partial charge in [0.2, 0.25) is 5.91 Å². The molecular formula is C14H15N3O4S. The Bertz CT molecular complexity index is 699. The van der Waals surface area contributed by atoms with Crippen molar-refractivity contribution in [1.82, 2.24) is 4.98 Å². The molecule has 0 saturated carbocycles. The molecule has 0 atom stereocenters. The van der Waals surface area contributed by atoms with Gasteiger partial charge in [-0.15, -0.1) is 21.5 Å².